The predicted octanol–water partition coefficient (Wildman–Crippen LogP) is 4.51. The average molecular weight is 340 g/mol. The molecule has 1 aliphatic carbocycles. The fourth-order valence-electron chi connectivity index (χ4n) is 2.65. The normalized spacial score (nSPS) is 21.3. The van der Waals surface area contributed by atoms with E-state index in [9.17, 15) is 18.0 Å². The molecule has 0 fully saturated rings. The molecule has 0 N–H and O–H groups in total. The Kier molecular flexibility index (Phi) is 5.36. The quantitative estimate of drug-likeness (QED) is 0.715. The Morgan fingerprint density at radius 1 is 1.12 bits per heavy atom. The van der Waals surface area contributed by atoms with Crippen LogP contribution < -0.4 is 0 Å². The Labute approximate surface area is 138 Å². The lowest BCUT2D eigenvalue weighted by atomic mass is 9.77. The van der Waals surface area contributed by atoms with Crippen molar-refractivity contribution >= 4 is 11.9 Å². The van der Waals surface area contributed by atoms with Crippen LogP contribution in [0.25, 0.3) is 5.57 Å². The highest BCUT2D eigenvalue weighted by atomic mass is 19.4. The van der Waals surface area contributed by atoms with Crippen LogP contribution in [0.2, 0.25) is 0 Å². The number of hydrogen-bond donors (Lipinski definition) is 0. The molecule has 6 heteroatoms. The predicted molar refractivity (Wildman–Crippen MR) is 83.9 cm³/mol. The van der Waals surface area contributed by atoms with Crippen LogP contribution in [0.4, 0.5) is 13.2 Å². The Hall–Kier alpha value is -2.24. The van der Waals surface area contributed by atoms with Crippen molar-refractivity contribution in [3.05, 3.63) is 53.5 Å². The van der Waals surface area contributed by atoms with Crippen LogP contribution in [0.15, 0.2) is 47.9 Å². The largest absolute Gasteiger partial charge is 0.497 e. The second kappa shape index (κ2) is 7.11. The number of benzene rings is 1. The summed E-state index contributed by atoms with van der Waals surface area (Å²) in [5, 5.41) is 0. The number of hydrogen-bond acceptors (Lipinski definition) is 3. The van der Waals surface area contributed by atoms with Crippen LogP contribution in [0, 0.1) is 5.41 Å². The van der Waals surface area contributed by atoms with Crippen LogP contribution in [-0.2, 0) is 14.3 Å². The molecule has 0 aromatic heterocycles. The summed E-state index contributed by atoms with van der Waals surface area (Å²) in [5.74, 6) is 0.127. The molecule has 3 nitrogen and oxygen atoms in total. The van der Waals surface area contributed by atoms with Gasteiger partial charge < -0.3 is 14.3 Å². The molecule has 24 heavy (non-hydrogen) atoms. The molecule has 0 heterocycles. The zero-order chi connectivity index (χ0) is 17.8. The molecular formula is C18H19F3O3. The lowest BCUT2D eigenvalue weighted by Gasteiger charge is -2.34. The van der Waals surface area contributed by atoms with Crippen molar-refractivity contribution in [2.75, 3.05) is 13.2 Å². The first-order valence-corrected chi connectivity index (χ1v) is 7.69. The van der Waals surface area contributed by atoms with E-state index in [4.69, 9.17) is 9.47 Å². The van der Waals surface area contributed by atoms with Gasteiger partial charge in [0.2, 0.25) is 0 Å². The summed E-state index contributed by atoms with van der Waals surface area (Å²) in [6.07, 6.45) is -4.52. The van der Waals surface area contributed by atoms with E-state index in [1.54, 1.807) is 38.1 Å². The molecule has 0 aliphatic heterocycles. The van der Waals surface area contributed by atoms with Crippen LogP contribution >= 0.6 is 0 Å². The number of allylic oxidation sites excluding steroid dienone is 3. The van der Waals surface area contributed by atoms with E-state index in [1.807, 2.05) is 6.07 Å². The highest BCUT2D eigenvalue weighted by Gasteiger charge is 2.56. The molecule has 2 rings (SSSR count). The fraction of sp³-hybridized carbons (Fsp3) is 0.389. The van der Waals surface area contributed by atoms with Gasteiger partial charge in [0.1, 0.15) is 23.2 Å². The summed E-state index contributed by atoms with van der Waals surface area (Å²) in [5.41, 5.74) is -1.50. The maximum absolute atomic E-state index is 13.5. The first-order chi connectivity index (χ1) is 11.4. The maximum Gasteiger partial charge on any atom is 0.404 e. The topological polar surface area (TPSA) is 35.5 Å². The number of ether oxygens (including phenoxy) is 2. The summed E-state index contributed by atoms with van der Waals surface area (Å²) in [4.78, 5) is 11.4. The van der Waals surface area contributed by atoms with Gasteiger partial charge in [0.15, 0.2) is 0 Å². The third-order valence-corrected chi connectivity index (χ3v) is 3.79. The van der Waals surface area contributed by atoms with E-state index in [1.165, 1.54) is 0 Å². The molecular weight excluding hydrogens is 321 g/mol. The van der Waals surface area contributed by atoms with Crippen molar-refractivity contribution in [3.8, 4) is 0 Å². The molecule has 0 saturated heterocycles. The van der Waals surface area contributed by atoms with E-state index in [2.05, 4.69) is 0 Å². The number of carbonyl (C=O) groups is 1. The van der Waals surface area contributed by atoms with E-state index >= 15 is 0 Å². The smallest absolute Gasteiger partial charge is 0.404 e. The van der Waals surface area contributed by atoms with Gasteiger partial charge in [0.05, 0.1) is 18.8 Å². The van der Waals surface area contributed by atoms with Crippen LogP contribution in [0.3, 0.4) is 0 Å². The Balaban J connectivity index is 2.65. The van der Waals surface area contributed by atoms with E-state index in [-0.39, 0.29) is 31.0 Å². The van der Waals surface area contributed by atoms with Gasteiger partial charge in [-0.2, -0.15) is 13.2 Å². The standard InChI is InChI=1S/C18H19F3O3/c1-3-23-14-10-17(12-22,18(19,20)21)11-15(24-4-2)16(14)13-8-6-5-7-9-13/h5-10,12H,3-4,11H2,1-2H3. The molecule has 0 spiro atoms. The van der Waals surface area contributed by atoms with Crippen molar-refractivity contribution in [2.24, 2.45) is 5.41 Å². The minimum atomic E-state index is -4.73. The Bertz CT molecular complexity index is 647. The second-order valence-electron chi connectivity index (χ2n) is 5.37. The summed E-state index contributed by atoms with van der Waals surface area (Å²) < 4.78 is 51.6. The lowest BCUT2D eigenvalue weighted by molar-refractivity contribution is -0.201. The van der Waals surface area contributed by atoms with Gasteiger partial charge in [-0.1, -0.05) is 30.3 Å². The van der Waals surface area contributed by atoms with Gasteiger partial charge >= 0.3 is 6.18 Å². The van der Waals surface area contributed by atoms with Crippen molar-refractivity contribution < 1.29 is 27.4 Å². The lowest BCUT2D eigenvalue weighted by Crippen LogP contribution is -2.40. The average Bonchev–Trinajstić information content (AvgIpc) is 2.55. The van der Waals surface area contributed by atoms with Gasteiger partial charge in [-0.05, 0) is 25.5 Å². The molecule has 1 aliphatic rings. The van der Waals surface area contributed by atoms with Crippen molar-refractivity contribution in [1.29, 1.82) is 0 Å². The van der Waals surface area contributed by atoms with Crippen LogP contribution in [0.5, 0.6) is 0 Å². The number of rotatable bonds is 6. The minimum Gasteiger partial charge on any atom is -0.497 e. The first kappa shape index (κ1) is 18.1. The number of carbonyl (C=O) groups excluding carboxylic acids is 1. The first-order valence-electron chi connectivity index (χ1n) is 7.69. The van der Waals surface area contributed by atoms with Crippen molar-refractivity contribution in [2.45, 2.75) is 26.4 Å². The monoisotopic (exact) mass is 340 g/mol. The molecule has 0 radical (unpaired) electrons. The third-order valence-electron chi connectivity index (χ3n) is 3.79. The maximum atomic E-state index is 13.5. The fourth-order valence-corrected chi connectivity index (χ4v) is 2.65. The molecule has 0 bridgehead atoms. The summed E-state index contributed by atoms with van der Waals surface area (Å²) in [6.45, 7) is 3.73. The molecule has 130 valence electrons. The highest BCUT2D eigenvalue weighted by molar-refractivity contribution is 5.83. The molecule has 1 aromatic carbocycles. The molecule has 1 unspecified atom stereocenters. The van der Waals surface area contributed by atoms with Crippen LogP contribution in [-0.4, -0.2) is 25.7 Å². The minimum absolute atomic E-state index is 0.0165. The molecule has 1 atom stereocenters. The number of alkyl halides is 3. The van der Waals surface area contributed by atoms with E-state index < -0.39 is 18.0 Å². The number of aldehydes is 1. The molecule has 0 amide bonds. The van der Waals surface area contributed by atoms with Crippen LogP contribution in [0.1, 0.15) is 25.8 Å². The number of halogens is 3. The van der Waals surface area contributed by atoms with E-state index in [0.717, 1.165) is 6.08 Å². The summed E-state index contributed by atoms with van der Waals surface area (Å²) in [6, 6.07) is 8.90. The SMILES string of the molecule is CCOC1=CC(C=O)(C(F)(F)F)CC(OCC)=C1c1ccccc1. The Morgan fingerprint density at radius 3 is 2.25 bits per heavy atom. The molecule has 0 saturated carbocycles. The van der Waals surface area contributed by atoms with Crippen molar-refractivity contribution in [3.63, 3.8) is 0 Å². The second-order valence-corrected chi connectivity index (χ2v) is 5.37. The van der Waals surface area contributed by atoms with Gasteiger partial charge in [-0.25, -0.2) is 0 Å². The summed E-state index contributed by atoms with van der Waals surface area (Å²) >= 11 is 0. The summed E-state index contributed by atoms with van der Waals surface area (Å²) in [7, 11) is 0. The van der Waals surface area contributed by atoms with E-state index in [0.29, 0.717) is 11.1 Å². The third kappa shape index (κ3) is 3.32. The van der Waals surface area contributed by atoms with Crippen molar-refractivity contribution in [1.82, 2.24) is 0 Å². The van der Waals surface area contributed by atoms with Gasteiger partial charge in [-0.3, -0.25) is 0 Å². The van der Waals surface area contributed by atoms with Gasteiger partial charge in [0.25, 0.3) is 0 Å². The molecule has 1 aromatic rings. The zero-order valence-electron chi connectivity index (χ0n) is 13.5. The Morgan fingerprint density at radius 2 is 1.75 bits per heavy atom. The highest BCUT2D eigenvalue weighted by Crippen LogP contribution is 2.49. The van der Waals surface area contributed by atoms with Gasteiger partial charge in [0, 0.05) is 6.42 Å². The zero-order valence-corrected chi connectivity index (χ0v) is 13.5. The van der Waals surface area contributed by atoms with Gasteiger partial charge in [-0.15, -0.1) is 0 Å².